The summed E-state index contributed by atoms with van der Waals surface area (Å²) in [6, 6.07) is 8.48. The minimum Gasteiger partial charge on any atom is -0.383 e. The summed E-state index contributed by atoms with van der Waals surface area (Å²) >= 11 is 0. The third-order valence-electron chi connectivity index (χ3n) is 5.04. The summed E-state index contributed by atoms with van der Waals surface area (Å²) < 4.78 is 18.9. The van der Waals surface area contributed by atoms with Gasteiger partial charge in [-0.05, 0) is 17.7 Å². The van der Waals surface area contributed by atoms with Gasteiger partial charge < -0.3 is 20.7 Å². The molecule has 0 bridgehead atoms. The lowest BCUT2D eigenvalue weighted by atomic mass is 9.91. The van der Waals surface area contributed by atoms with E-state index in [2.05, 4.69) is 32.1 Å². The zero-order valence-corrected chi connectivity index (χ0v) is 16.2. The van der Waals surface area contributed by atoms with E-state index in [9.17, 15) is 4.39 Å². The quantitative estimate of drug-likeness (QED) is 0.686. The molecule has 0 amide bonds. The zero-order chi connectivity index (χ0) is 20.2. The van der Waals surface area contributed by atoms with Crippen LogP contribution in [0.25, 0.3) is 0 Å². The van der Waals surface area contributed by atoms with Crippen LogP contribution in [0.1, 0.15) is 24.0 Å². The van der Waals surface area contributed by atoms with Gasteiger partial charge in [-0.2, -0.15) is 0 Å². The highest BCUT2D eigenvalue weighted by Gasteiger charge is 2.23. The van der Waals surface area contributed by atoms with Crippen LogP contribution in [-0.4, -0.2) is 41.3 Å². The minimum atomic E-state index is -0.260. The van der Waals surface area contributed by atoms with E-state index < -0.39 is 0 Å². The van der Waals surface area contributed by atoms with Crippen LogP contribution in [0.5, 0.6) is 0 Å². The van der Waals surface area contributed by atoms with E-state index in [0.29, 0.717) is 30.7 Å². The molecule has 1 unspecified atom stereocenters. The van der Waals surface area contributed by atoms with Crippen molar-refractivity contribution >= 4 is 23.1 Å². The molecule has 7 nitrogen and oxygen atoms in total. The largest absolute Gasteiger partial charge is 0.383 e. The molecule has 3 N–H and O–H groups in total. The first-order valence-electron chi connectivity index (χ1n) is 9.53. The Hall–Kier alpha value is -3.26. The summed E-state index contributed by atoms with van der Waals surface area (Å²) in [5.41, 5.74) is 9.32. The number of nitrogens with one attached hydrogen (secondary N) is 1. The van der Waals surface area contributed by atoms with Crippen LogP contribution in [0.2, 0.25) is 0 Å². The van der Waals surface area contributed by atoms with Gasteiger partial charge in [-0.1, -0.05) is 19.1 Å². The number of halogens is 1. The summed E-state index contributed by atoms with van der Waals surface area (Å²) in [6.07, 6.45) is 4.85. The van der Waals surface area contributed by atoms with Crippen molar-refractivity contribution in [1.82, 2.24) is 15.0 Å². The normalized spacial score (nSPS) is 15.2. The first-order valence-corrected chi connectivity index (χ1v) is 9.53. The Morgan fingerprint density at radius 2 is 1.90 bits per heavy atom. The van der Waals surface area contributed by atoms with Crippen molar-refractivity contribution in [3.8, 4) is 0 Å². The standard InChI is InChI=1S/C21H23FN6O/c1-14(15-2-4-16(22)5-3-15)20-17(28-8-10-29-11-9-28)12-18(27-21(20)23)26-19-13-24-6-7-25-19/h2-7,12-14H,8-11H2,1H3,(H3,23,25,26,27). The smallest absolute Gasteiger partial charge is 0.150 e. The molecule has 1 aliphatic rings. The summed E-state index contributed by atoms with van der Waals surface area (Å²) in [7, 11) is 0. The molecule has 4 rings (SSSR count). The van der Waals surface area contributed by atoms with Crippen molar-refractivity contribution < 1.29 is 9.13 Å². The van der Waals surface area contributed by atoms with Gasteiger partial charge in [0.15, 0.2) is 0 Å². The Balaban J connectivity index is 1.75. The Labute approximate surface area is 168 Å². The highest BCUT2D eigenvalue weighted by molar-refractivity contribution is 5.71. The van der Waals surface area contributed by atoms with E-state index in [4.69, 9.17) is 10.5 Å². The van der Waals surface area contributed by atoms with Crippen LogP contribution in [0.15, 0.2) is 48.9 Å². The van der Waals surface area contributed by atoms with E-state index >= 15 is 0 Å². The number of rotatable bonds is 5. The van der Waals surface area contributed by atoms with Gasteiger partial charge in [0.25, 0.3) is 0 Å². The van der Waals surface area contributed by atoms with E-state index in [1.807, 2.05) is 6.07 Å². The molecular weight excluding hydrogens is 371 g/mol. The maximum absolute atomic E-state index is 13.4. The third kappa shape index (κ3) is 4.27. The van der Waals surface area contributed by atoms with Crippen LogP contribution in [-0.2, 0) is 4.74 Å². The molecule has 3 aromatic rings. The number of anilines is 4. The monoisotopic (exact) mass is 394 g/mol. The number of hydrogen-bond donors (Lipinski definition) is 2. The van der Waals surface area contributed by atoms with Crippen LogP contribution in [0.4, 0.5) is 27.5 Å². The Morgan fingerprint density at radius 1 is 1.14 bits per heavy atom. The van der Waals surface area contributed by atoms with Crippen molar-refractivity contribution in [3.05, 3.63) is 65.9 Å². The van der Waals surface area contributed by atoms with Crippen LogP contribution in [0.3, 0.4) is 0 Å². The number of aromatic nitrogens is 3. The van der Waals surface area contributed by atoms with Gasteiger partial charge >= 0.3 is 0 Å². The number of nitrogens with zero attached hydrogens (tertiary/aromatic N) is 4. The minimum absolute atomic E-state index is 0.0495. The van der Waals surface area contributed by atoms with Crippen LogP contribution < -0.4 is 16.0 Å². The SMILES string of the molecule is CC(c1ccc(F)cc1)c1c(N2CCOCC2)cc(Nc2cnccn2)nc1N. The zero-order valence-electron chi connectivity index (χ0n) is 16.2. The van der Waals surface area contributed by atoms with Gasteiger partial charge in [0.2, 0.25) is 0 Å². The number of nitrogens with two attached hydrogens (primary N) is 1. The number of pyridine rings is 1. The number of benzene rings is 1. The van der Waals surface area contributed by atoms with Gasteiger partial charge in [-0.15, -0.1) is 0 Å². The predicted molar refractivity (Wildman–Crippen MR) is 111 cm³/mol. The molecule has 29 heavy (non-hydrogen) atoms. The summed E-state index contributed by atoms with van der Waals surface area (Å²) in [4.78, 5) is 15.1. The Kier molecular flexibility index (Phi) is 5.53. The highest BCUT2D eigenvalue weighted by Crippen LogP contribution is 2.38. The Bertz CT molecular complexity index is 961. The first kappa shape index (κ1) is 19.1. The van der Waals surface area contributed by atoms with Crippen molar-refractivity contribution in [1.29, 1.82) is 0 Å². The molecule has 150 valence electrons. The van der Waals surface area contributed by atoms with E-state index in [-0.39, 0.29) is 11.7 Å². The second kappa shape index (κ2) is 8.40. The fourth-order valence-corrected chi connectivity index (χ4v) is 3.55. The average Bonchev–Trinajstić information content (AvgIpc) is 2.75. The fraction of sp³-hybridized carbons (Fsp3) is 0.286. The second-order valence-corrected chi connectivity index (χ2v) is 6.91. The average molecular weight is 394 g/mol. The summed E-state index contributed by atoms with van der Waals surface area (Å²) in [5.74, 6) is 1.30. The van der Waals surface area contributed by atoms with Gasteiger partial charge in [-0.25, -0.2) is 14.4 Å². The van der Waals surface area contributed by atoms with Crippen molar-refractivity contribution in [3.63, 3.8) is 0 Å². The van der Waals surface area contributed by atoms with E-state index in [1.54, 1.807) is 30.7 Å². The fourth-order valence-electron chi connectivity index (χ4n) is 3.55. The highest BCUT2D eigenvalue weighted by atomic mass is 19.1. The van der Waals surface area contributed by atoms with Crippen molar-refractivity contribution in [2.24, 2.45) is 0 Å². The molecule has 1 aromatic carbocycles. The van der Waals surface area contributed by atoms with Crippen molar-refractivity contribution in [2.45, 2.75) is 12.8 Å². The van der Waals surface area contributed by atoms with Gasteiger partial charge in [0.1, 0.15) is 23.3 Å². The lowest BCUT2D eigenvalue weighted by Crippen LogP contribution is -2.37. The molecule has 1 aliphatic heterocycles. The topological polar surface area (TPSA) is 89.2 Å². The third-order valence-corrected chi connectivity index (χ3v) is 5.04. The van der Waals surface area contributed by atoms with Crippen molar-refractivity contribution in [2.75, 3.05) is 42.3 Å². The molecule has 0 aliphatic carbocycles. The van der Waals surface area contributed by atoms with E-state index in [1.165, 1.54) is 12.1 Å². The van der Waals surface area contributed by atoms with Crippen LogP contribution >= 0.6 is 0 Å². The number of hydrogen-bond acceptors (Lipinski definition) is 7. The first-order chi connectivity index (χ1) is 14.1. The maximum Gasteiger partial charge on any atom is 0.150 e. The Morgan fingerprint density at radius 3 is 2.59 bits per heavy atom. The maximum atomic E-state index is 13.4. The number of ether oxygens (including phenoxy) is 1. The molecule has 3 heterocycles. The predicted octanol–water partition coefficient (Wildman–Crippen LogP) is 3.32. The van der Waals surface area contributed by atoms with Crippen LogP contribution in [0, 0.1) is 5.82 Å². The molecule has 0 spiro atoms. The number of morpholine rings is 1. The molecule has 8 heteroatoms. The molecule has 1 atom stereocenters. The molecule has 0 radical (unpaired) electrons. The molecule has 1 saturated heterocycles. The number of nitrogen functional groups attached to an aromatic ring is 1. The molecule has 0 saturated carbocycles. The van der Waals surface area contributed by atoms with Gasteiger partial charge in [0.05, 0.1) is 19.4 Å². The van der Waals surface area contributed by atoms with E-state index in [0.717, 1.165) is 29.9 Å². The lowest BCUT2D eigenvalue weighted by Gasteiger charge is -2.32. The second-order valence-electron chi connectivity index (χ2n) is 6.91. The molecule has 1 fully saturated rings. The molecular formula is C21H23FN6O. The lowest BCUT2D eigenvalue weighted by molar-refractivity contribution is 0.122. The molecule has 2 aromatic heterocycles. The van der Waals surface area contributed by atoms with Gasteiger partial charge in [-0.3, -0.25) is 4.98 Å². The van der Waals surface area contributed by atoms with Gasteiger partial charge in [0, 0.05) is 48.7 Å². The summed E-state index contributed by atoms with van der Waals surface area (Å²) in [5, 5.41) is 3.17. The summed E-state index contributed by atoms with van der Waals surface area (Å²) in [6.45, 7) is 4.88.